The zero-order valence-corrected chi connectivity index (χ0v) is 13.0. The van der Waals surface area contributed by atoms with Gasteiger partial charge in [0.2, 0.25) is 0 Å². The standard InChI is InChI=1S/C15H15ClN4S/c16-14-4-2-1-3-13(14)15-19-11(10-21-15)9-20-6-5-18-8-12(20)7-17/h1-4,10,12,18H,5-6,8-9H2. The molecule has 1 fully saturated rings. The average Bonchev–Trinajstić information content (AvgIpc) is 2.96. The summed E-state index contributed by atoms with van der Waals surface area (Å²) in [7, 11) is 0. The van der Waals surface area contributed by atoms with E-state index in [2.05, 4.69) is 26.6 Å². The van der Waals surface area contributed by atoms with E-state index in [-0.39, 0.29) is 6.04 Å². The molecule has 21 heavy (non-hydrogen) atoms. The van der Waals surface area contributed by atoms with Crippen LogP contribution in [-0.2, 0) is 6.54 Å². The van der Waals surface area contributed by atoms with Gasteiger partial charge in [0.25, 0.3) is 0 Å². The van der Waals surface area contributed by atoms with E-state index < -0.39 is 0 Å². The van der Waals surface area contributed by atoms with Crippen LogP contribution >= 0.6 is 22.9 Å². The predicted molar refractivity (Wildman–Crippen MR) is 85.2 cm³/mol. The Kier molecular flexibility index (Phi) is 4.51. The van der Waals surface area contributed by atoms with Crippen LogP contribution in [0.15, 0.2) is 29.6 Å². The number of halogens is 1. The maximum absolute atomic E-state index is 9.19. The van der Waals surface area contributed by atoms with E-state index in [9.17, 15) is 5.26 Å². The molecule has 1 aliphatic rings. The molecule has 0 radical (unpaired) electrons. The summed E-state index contributed by atoms with van der Waals surface area (Å²) in [6, 6.07) is 9.99. The highest BCUT2D eigenvalue weighted by Gasteiger charge is 2.22. The van der Waals surface area contributed by atoms with E-state index in [0.717, 1.165) is 40.9 Å². The first-order chi connectivity index (χ1) is 10.3. The lowest BCUT2D eigenvalue weighted by atomic mass is 10.2. The highest BCUT2D eigenvalue weighted by molar-refractivity contribution is 7.13. The van der Waals surface area contributed by atoms with Gasteiger partial charge in [-0.1, -0.05) is 29.8 Å². The summed E-state index contributed by atoms with van der Waals surface area (Å²) in [5.41, 5.74) is 1.96. The SMILES string of the molecule is N#CC1CNCCN1Cc1csc(-c2ccccc2Cl)n1. The highest BCUT2D eigenvalue weighted by atomic mass is 35.5. The fourth-order valence-electron chi connectivity index (χ4n) is 2.41. The van der Waals surface area contributed by atoms with Crippen molar-refractivity contribution < 1.29 is 0 Å². The van der Waals surface area contributed by atoms with Crippen LogP contribution in [0.25, 0.3) is 10.6 Å². The molecular formula is C15H15ClN4S. The number of nitrogens with zero attached hydrogens (tertiary/aromatic N) is 3. The second kappa shape index (κ2) is 6.54. The van der Waals surface area contributed by atoms with E-state index in [0.29, 0.717) is 6.54 Å². The summed E-state index contributed by atoms with van der Waals surface area (Å²) < 4.78 is 0. The summed E-state index contributed by atoms with van der Waals surface area (Å²) in [4.78, 5) is 6.84. The Morgan fingerprint density at radius 1 is 1.48 bits per heavy atom. The van der Waals surface area contributed by atoms with E-state index in [4.69, 9.17) is 11.6 Å². The molecule has 4 nitrogen and oxygen atoms in total. The van der Waals surface area contributed by atoms with Crippen LogP contribution in [0.1, 0.15) is 5.69 Å². The molecule has 1 aliphatic heterocycles. The van der Waals surface area contributed by atoms with Gasteiger partial charge in [0.05, 0.1) is 16.8 Å². The molecule has 0 bridgehead atoms. The second-order valence-corrected chi connectivity index (χ2v) is 6.21. The van der Waals surface area contributed by atoms with Gasteiger partial charge >= 0.3 is 0 Å². The van der Waals surface area contributed by atoms with Crippen molar-refractivity contribution in [3.63, 3.8) is 0 Å². The van der Waals surface area contributed by atoms with Crippen molar-refractivity contribution in [1.29, 1.82) is 5.26 Å². The van der Waals surface area contributed by atoms with Gasteiger partial charge in [-0.2, -0.15) is 5.26 Å². The van der Waals surface area contributed by atoms with Crippen LogP contribution in [0.3, 0.4) is 0 Å². The van der Waals surface area contributed by atoms with Crippen molar-refractivity contribution in [3.05, 3.63) is 40.4 Å². The number of nitriles is 1. The smallest absolute Gasteiger partial charge is 0.125 e. The summed E-state index contributed by atoms with van der Waals surface area (Å²) in [5.74, 6) is 0. The van der Waals surface area contributed by atoms with Crippen LogP contribution in [0.2, 0.25) is 5.02 Å². The molecule has 1 aromatic heterocycles. The molecule has 0 spiro atoms. The van der Waals surface area contributed by atoms with Gasteiger partial charge in [0.1, 0.15) is 11.0 Å². The predicted octanol–water partition coefficient (Wildman–Crippen LogP) is 2.76. The molecule has 6 heteroatoms. The lowest BCUT2D eigenvalue weighted by Crippen LogP contribution is -2.50. The number of nitrogens with one attached hydrogen (secondary N) is 1. The molecule has 0 amide bonds. The number of rotatable bonds is 3. The van der Waals surface area contributed by atoms with Crippen molar-refractivity contribution in [2.75, 3.05) is 19.6 Å². The molecule has 1 unspecified atom stereocenters. The summed E-state index contributed by atoms with van der Waals surface area (Å²) in [6.07, 6.45) is 0. The van der Waals surface area contributed by atoms with Crippen LogP contribution in [0.4, 0.5) is 0 Å². The van der Waals surface area contributed by atoms with Crippen LogP contribution < -0.4 is 5.32 Å². The molecule has 1 atom stereocenters. The Balaban J connectivity index is 1.76. The van der Waals surface area contributed by atoms with Crippen molar-refractivity contribution in [2.45, 2.75) is 12.6 Å². The Bertz CT molecular complexity index is 664. The Labute approximate surface area is 133 Å². The van der Waals surface area contributed by atoms with Crippen LogP contribution in [-0.4, -0.2) is 35.6 Å². The normalized spacial score (nSPS) is 19.3. The van der Waals surface area contributed by atoms with E-state index in [1.54, 1.807) is 11.3 Å². The highest BCUT2D eigenvalue weighted by Crippen LogP contribution is 2.30. The molecule has 1 saturated heterocycles. The van der Waals surface area contributed by atoms with E-state index in [1.807, 2.05) is 24.3 Å². The van der Waals surface area contributed by atoms with Crippen molar-refractivity contribution in [1.82, 2.24) is 15.2 Å². The largest absolute Gasteiger partial charge is 0.313 e. The number of aromatic nitrogens is 1. The third-order valence-corrected chi connectivity index (χ3v) is 4.78. The van der Waals surface area contributed by atoms with Gasteiger partial charge < -0.3 is 5.32 Å². The van der Waals surface area contributed by atoms with Gasteiger partial charge in [-0.05, 0) is 6.07 Å². The molecule has 3 rings (SSSR count). The number of thiazole rings is 1. The molecule has 0 aliphatic carbocycles. The fourth-order valence-corrected chi connectivity index (χ4v) is 3.54. The molecule has 1 N–H and O–H groups in total. The zero-order chi connectivity index (χ0) is 14.7. The van der Waals surface area contributed by atoms with Crippen LogP contribution in [0, 0.1) is 11.3 Å². The number of hydrogen-bond acceptors (Lipinski definition) is 5. The van der Waals surface area contributed by atoms with Gasteiger partial charge in [0.15, 0.2) is 0 Å². The van der Waals surface area contributed by atoms with Gasteiger partial charge in [-0.3, -0.25) is 4.90 Å². The van der Waals surface area contributed by atoms with Crippen molar-refractivity contribution in [3.8, 4) is 16.6 Å². The fraction of sp³-hybridized carbons (Fsp3) is 0.333. The first-order valence-corrected chi connectivity index (χ1v) is 8.07. The minimum Gasteiger partial charge on any atom is -0.313 e. The van der Waals surface area contributed by atoms with Gasteiger partial charge in [0, 0.05) is 37.1 Å². The number of benzene rings is 1. The maximum atomic E-state index is 9.19. The molecular weight excluding hydrogens is 304 g/mol. The summed E-state index contributed by atoms with van der Waals surface area (Å²) >= 11 is 7.80. The van der Waals surface area contributed by atoms with Gasteiger partial charge in [-0.25, -0.2) is 4.98 Å². The van der Waals surface area contributed by atoms with Crippen molar-refractivity contribution in [2.24, 2.45) is 0 Å². The third kappa shape index (κ3) is 3.25. The number of hydrogen-bond donors (Lipinski definition) is 1. The topological polar surface area (TPSA) is 52.0 Å². The number of piperazine rings is 1. The monoisotopic (exact) mass is 318 g/mol. The molecule has 1 aromatic carbocycles. The minimum absolute atomic E-state index is 0.0794. The molecule has 2 heterocycles. The lowest BCUT2D eigenvalue weighted by molar-refractivity contribution is 0.187. The van der Waals surface area contributed by atoms with Crippen LogP contribution in [0.5, 0.6) is 0 Å². The maximum Gasteiger partial charge on any atom is 0.125 e. The third-order valence-electron chi connectivity index (χ3n) is 3.52. The lowest BCUT2D eigenvalue weighted by Gasteiger charge is -2.31. The Hall–Kier alpha value is -1.45. The van der Waals surface area contributed by atoms with Gasteiger partial charge in [-0.15, -0.1) is 11.3 Å². The molecule has 108 valence electrons. The summed E-state index contributed by atoms with van der Waals surface area (Å²) in [5, 5.41) is 16.1. The first kappa shape index (κ1) is 14.5. The van der Waals surface area contributed by atoms with E-state index in [1.165, 1.54) is 0 Å². The van der Waals surface area contributed by atoms with Crippen molar-refractivity contribution >= 4 is 22.9 Å². The summed E-state index contributed by atoms with van der Waals surface area (Å²) in [6.45, 7) is 3.22. The Morgan fingerprint density at radius 3 is 3.14 bits per heavy atom. The zero-order valence-electron chi connectivity index (χ0n) is 11.4. The average molecular weight is 319 g/mol. The molecule has 0 saturated carbocycles. The van der Waals surface area contributed by atoms with E-state index >= 15 is 0 Å². The molecule has 2 aromatic rings. The first-order valence-electron chi connectivity index (χ1n) is 6.81. The Morgan fingerprint density at radius 2 is 2.33 bits per heavy atom. The quantitative estimate of drug-likeness (QED) is 0.945. The second-order valence-electron chi connectivity index (χ2n) is 4.94. The minimum atomic E-state index is -0.0794.